The van der Waals surface area contributed by atoms with Gasteiger partial charge in [-0.05, 0) is 62.8 Å². The van der Waals surface area contributed by atoms with Crippen LogP contribution in [0.5, 0.6) is 0 Å². The van der Waals surface area contributed by atoms with E-state index in [9.17, 15) is 14.4 Å². The van der Waals surface area contributed by atoms with Gasteiger partial charge in [0.1, 0.15) is 29.3 Å². The van der Waals surface area contributed by atoms with E-state index in [-0.39, 0.29) is 24.3 Å². The Hall–Kier alpha value is -5.91. The maximum absolute atomic E-state index is 13.7. The molecular weight excluding hydrogens is 691 g/mol. The molecule has 1 fully saturated rings. The lowest BCUT2D eigenvalue weighted by Gasteiger charge is -2.24. The van der Waals surface area contributed by atoms with Crippen LogP contribution in [0.25, 0.3) is 15.9 Å². The number of thiophene rings is 1. The van der Waals surface area contributed by atoms with Crippen molar-refractivity contribution in [3.05, 3.63) is 116 Å². The molecule has 1 saturated heterocycles. The van der Waals surface area contributed by atoms with E-state index in [2.05, 4.69) is 71.6 Å². The van der Waals surface area contributed by atoms with Gasteiger partial charge in [0.2, 0.25) is 11.8 Å². The number of piperidine rings is 1. The molecule has 6 heterocycles. The molecule has 0 radical (unpaired) electrons. The van der Waals surface area contributed by atoms with E-state index in [1.165, 1.54) is 10.1 Å². The molecule has 2 aliphatic heterocycles. The summed E-state index contributed by atoms with van der Waals surface area (Å²) in [6, 6.07) is 15.1. The van der Waals surface area contributed by atoms with Crippen molar-refractivity contribution in [1.29, 1.82) is 0 Å². The molecule has 14 heteroatoms. The van der Waals surface area contributed by atoms with Crippen molar-refractivity contribution in [3.63, 3.8) is 0 Å². The van der Waals surface area contributed by atoms with Crippen LogP contribution in [0.1, 0.15) is 76.3 Å². The number of anilines is 1. The highest BCUT2D eigenvalue weighted by Crippen LogP contribution is 2.37. The number of hydrogen-bond donors (Lipinski definition) is 2. The fourth-order valence-corrected chi connectivity index (χ4v) is 8.26. The van der Waals surface area contributed by atoms with Gasteiger partial charge >= 0.3 is 0 Å². The third kappa shape index (κ3) is 6.88. The molecule has 6 aromatic rings. The zero-order valence-corrected chi connectivity index (χ0v) is 30.2. The average Bonchev–Trinajstić information content (AvgIpc) is 3.81. The minimum atomic E-state index is -0.771. The second-order valence-corrected chi connectivity index (χ2v) is 14.2. The largest absolute Gasteiger partial charge is 0.384 e. The first kappa shape index (κ1) is 34.2. The third-order valence-electron chi connectivity index (χ3n) is 9.60. The molecule has 2 amide bonds. The van der Waals surface area contributed by atoms with Crippen LogP contribution in [-0.2, 0) is 40.5 Å². The number of fused-ring (bicyclic) bond motifs is 4. The predicted molar refractivity (Wildman–Crippen MR) is 200 cm³/mol. The van der Waals surface area contributed by atoms with E-state index >= 15 is 0 Å². The lowest BCUT2D eigenvalue weighted by molar-refractivity contribution is -0.135. The third-order valence-corrected chi connectivity index (χ3v) is 10.8. The highest BCUT2D eigenvalue weighted by Gasteiger charge is 2.31. The Morgan fingerprint density at radius 3 is 2.72 bits per heavy atom. The SMILES string of the molecule is Cc1nnc2n1-c1sc(C#Cc3cnn(CCCCNc4cccc5nc(C)n(C6CCC(=O)NC6=O)c(=O)c45)c3)c(Cc3ccccc3)c1COC2. The predicted octanol–water partition coefficient (Wildman–Crippen LogP) is 4.74. The van der Waals surface area contributed by atoms with E-state index in [1.54, 1.807) is 30.5 Å². The van der Waals surface area contributed by atoms with Gasteiger partial charge in [0, 0.05) is 37.0 Å². The summed E-state index contributed by atoms with van der Waals surface area (Å²) in [5, 5.41) is 20.4. The molecule has 53 heavy (non-hydrogen) atoms. The molecule has 0 saturated carbocycles. The number of aryl methyl sites for hydroxylation is 3. The van der Waals surface area contributed by atoms with Gasteiger partial charge in [-0.2, -0.15) is 5.10 Å². The first-order chi connectivity index (χ1) is 25.8. The van der Waals surface area contributed by atoms with Crippen LogP contribution in [-0.4, -0.2) is 52.5 Å². The van der Waals surface area contributed by atoms with Gasteiger partial charge in [0.05, 0.1) is 34.1 Å². The molecule has 1 atom stereocenters. The molecule has 8 rings (SSSR count). The number of ether oxygens (including phenoxy) is 1. The Balaban J connectivity index is 0.942. The molecule has 0 spiro atoms. The zero-order chi connectivity index (χ0) is 36.5. The van der Waals surface area contributed by atoms with E-state index in [1.807, 2.05) is 36.0 Å². The van der Waals surface area contributed by atoms with E-state index in [4.69, 9.17) is 4.74 Å². The number of imide groups is 1. The Morgan fingerprint density at radius 2 is 1.87 bits per heavy atom. The Morgan fingerprint density at radius 1 is 1.00 bits per heavy atom. The number of nitrogens with zero attached hydrogens (tertiary/aromatic N) is 7. The van der Waals surface area contributed by atoms with Crippen molar-refractivity contribution < 1.29 is 14.3 Å². The van der Waals surface area contributed by atoms with Crippen LogP contribution in [0.3, 0.4) is 0 Å². The lowest BCUT2D eigenvalue weighted by atomic mass is 10.0. The molecule has 1 unspecified atom stereocenters. The summed E-state index contributed by atoms with van der Waals surface area (Å²) >= 11 is 1.65. The topological polar surface area (TPSA) is 151 Å². The molecule has 0 bridgehead atoms. The van der Waals surface area contributed by atoms with Gasteiger partial charge in [-0.3, -0.25) is 33.5 Å². The van der Waals surface area contributed by atoms with Gasteiger partial charge in [-0.25, -0.2) is 4.98 Å². The van der Waals surface area contributed by atoms with Crippen molar-refractivity contribution in [2.75, 3.05) is 11.9 Å². The lowest BCUT2D eigenvalue weighted by Crippen LogP contribution is -2.45. The Labute approximate surface area is 309 Å². The van der Waals surface area contributed by atoms with E-state index in [0.29, 0.717) is 48.7 Å². The van der Waals surface area contributed by atoms with E-state index < -0.39 is 11.9 Å². The fourth-order valence-electron chi connectivity index (χ4n) is 7.01. The molecule has 4 aromatic heterocycles. The molecule has 268 valence electrons. The summed E-state index contributed by atoms with van der Waals surface area (Å²) in [7, 11) is 0. The Bertz CT molecular complexity index is 2480. The van der Waals surface area contributed by atoms with Crippen LogP contribution in [0.2, 0.25) is 0 Å². The van der Waals surface area contributed by atoms with Gasteiger partial charge in [-0.1, -0.05) is 48.2 Å². The second-order valence-electron chi connectivity index (χ2n) is 13.2. The minimum Gasteiger partial charge on any atom is -0.384 e. The standard InChI is InChI=1S/C39H37N9O4S/c1-24-42-31-12-8-11-30(36(31)38(51)47(24)32-14-16-35(49)43-37(32)50)40-17-6-7-18-46-21-27(20-41-46)13-15-33-28(19-26-9-4-3-5-10-26)29-22-52-23-34-45-44-25(2)48(34)39(29)53-33/h3-5,8-12,20-21,32,40H,6-7,14,16-19,22-23H2,1-2H3,(H,43,49,50). The number of nitrogens with one attached hydrogen (secondary N) is 2. The molecular formula is C39H37N9O4S. The molecule has 2 aliphatic rings. The normalized spacial score (nSPS) is 15.3. The summed E-state index contributed by atoms with van der Waals surface area (Å²) in [4.78, 5) is 43.6. The highest BCUT2D eigenvalue weighted by atomic mass is 32.1. The summed E-state index contributed by atoms with van der Waals surface area (Å²) in [5.41, 5.74) is 5.26. The number of carbonyl (C=O) groups is 2. The fraction of sp³-hybridized carbons (Fsp3) is 0.308. The number of amides is 2. The molecule has 2 N–H and O–H groups in total. The maximum Gasteiger partial charge on any atom is 0.264 e. The van der Waals surface area contributed by atoms with Gasteiger partial charge in [-0.15, -0.1) is 21.5 Å². The number of carbonyl (C=O) groups excluding carboxylic acids is 2. The minimum absolute atomic E-state index is 0.178. The van der Waals surface area contributed by atoms with Crippen molar-refractivity contribution in [1.82, 2.24) is 39.4 Å². The summed E-state index contributed by atoms with van der Waals surface area (Å²) in [6.45, 7) is 5.91. The van der Waals surface area contributed by atoms with Crippen molar-refractivity contribution in [2.45, 2.75) is 71.8 Å². The van der Waals surface area contributed by atoms with Crippen molar-refractivity contribution in [2.24, 2.45) is 0 Å². The van der Waals surface area contributed by atoms with Crippen molar-refractivity contribution >= 4 is 39.7 Å². The highest BCUT2D eigenvalue weighted by molar-refractivity contribution is 7.15. The van der Waals surface area contributed by atoms with Crippen LogP contribution in [0.4, 0.5) is 5.69 Å². The number of unbranched alkanes of at least 4 members (excludes halogenated alkanes) is 1. The number of rotatable bonds is 9. The molecule has 2 aromatic carbocycles. The Kier molecular flexibility index (Phi) is 9.42. The monoisotopic (exact) mass is 727 g/mol. The van der Waals surface area contributed by atoms with E-state index in [0.717, 1.165) is 57.5 Å². The summed E-state index contributed by atoms with van der Waals surface area (Å²) < 4.78 is 11.4. The summed E-state index contributed by atoms with van der Waals surface area (Å²) in [5.74, 6) is 8.06. The van der Waals surface area contributed by atoms with Gasteiger partial charge < -0.3 is 10.1 Å². The van der Waals surface area contributed by atoms with Gasteiger partial charge in [0.25, 0.3) is 5.56 Å². The smallest absolute Gasteiger partial charge is 0.264 e. The molecule has 0 aliphatic carbocycles. The second kappa shape index (κ2) is 14.6. The molecule has 13 nitrogen and oxygen atoms in total. The van der Waals surface area contributed by atoms with Crippen LogP contribution < -0.4 is 16.2 Å². The number of aromatic nitrogens is 7. The number of benzene rings is 2. The van der Waals surface area contributed by atoms with Crippen molar-refractivity contribution in [3.8, 4) is 16.8 Å². The summed E-state index contributed by atoms with van der Waals surface area (Å²) in [6.07, 6.45) is 6.63. The van der Waals surface area contributed by atoms with Crippen LogP contribution in [0, 0.1) is 25.7 Å². The van der Waals surface area contributed by atoms with Crippen LogP contribution >= 0.6 is 11.3 Å². The average molecular weight is 728 g/mol. The van der Waals surface area contributed by atoms with Crippen LogP contribution in [0.15, 0.2) is 65.7 Å². The first-order valence-electron chi connectivity index (χ1n) is 17.7. The quantitative estimate of drug-likeness (QED) is 0.122. The first-order valence-corrected chi connectivity index (χ1v) is 18.5. The number of hydrogen-bond acceptors (Lipinski definition) is 10. The zero-order valence-electron chi connectivity index (χ0n) is 29.4. The maximum atomic E-state index is 13.7. The van der Waals surface area contributed by atoms with Gasteiger partial charge in [0.15, 0.2) is 5.82 Å².